The first-order valence-corrected chi connectivity index (χ1v) is 6.97. The largest absolute Gasteiger partial charge is 0.484 e. The Kier molecular flexibility index (Phi) is 6.51. The summed E-state index contributed by atoms with van der Waals surface area (Å²) in [5.41, 5.74) is -0.668. The van der Waals surface area contributed by atoms with E-state index in [0.717, 1.165) is 12.1 Å². The molecule has 0 saturated carbocycles. The van der Waals surface area contributed by atoms with E-state index in [2.05, 4.69) is 9.47 Å². The Balaban J connectivity index is 3.12. The Bertz CT molecular complexity index is 595. The third-order valence-electron chi connectivity index (χ3n) is 2.25. The topological polar surface area (TPSA) is 35.5 Å². The van der Waals surface area contributed by atoms with Gasteiger partial charge in [-0.3, -0.25) is 4.79 Å². The summed E-state index contributed by atoms with van der Waals surface area (Å²) in [6.07, 6.45) is -9.38. The van der Waals surface area contributed by atoms with Crippen LogP contribution in [0.3, 0.4) is 0 Å². The number of Topliss-reactive ketones (excluding diaryl/α,β-unsaturated/α-hetero) is 1. The van der Waals surface area contributed by atoms with Gasteiger partial charge < -0.3 is 9.47 Å². The number of carbonyl (C=O) groups excluding carboxylic acids is 1. The zero-order valence-electron chi connectivity index (χ0n) is 11.3. The molecule has 0 heterocycles. The predicted molar refractivity (Wildman–Crippen MR) is 74.2 cm³/mol. The number of hydrogen-bond donors (Lipinski definition) is 0. The summed E-state index contributed by atoms with van der Waals surface area (Å²) in [6, 6.07) is 2.38. The Morgan fingerprint density at radius 1 is 0.917 bits per heavy atom. The number of carbonyl (C=O) groups is 1. The molecule has 0 amide bonds. The van der Waals surface area contributed by atoms with Gasteiger partial charge in [-0.25, -0.2) is 0 Å². The average molecular weight is 420 g/mol. The van der Waals surface area contributed by atoms with Gasteiger partial charge in [-0.1, -0.05) is 34.8 Å². The van der Waals surface area contributed by atoms with Crippen LogP contribution in [0.2, 0.25) is 0 Å². The maximum absolute atomic E-state index is 12.2. The van der Waals surface area contributed by atoms with Gasteiger partial charge in [0, 0.05) is 0 Å². The van der Waals surface area contributed by atoms with Crippen LogP contribution >= 0.6 is 34.8 Å². The van der Waals surface area contributed by atoms with Gasteiger partial charge in [0.1, 0.15) is 11.5 Å². The first-order valence-electron chi connectivity index (χ1n) is 5.84. The fourth-order valence-electron chi connectivity index (χ4n) is 1.38. The summed E-state index contributed by atoms with van der Waals surface area (Å²) in [5.74, 6) is -2.38. The van der Waals surface area contributed by atoms with Gasteiger partial charge in [-0.2, -0.15) is 26.3 Å². The zero-order valence-corrected chi connectivity index (χ0v) is 13.5. The second kappa shape index (κ2) is 7.45. The number of hydrogen-bond acceptors (Lipinski definition) is 3. The molecule has 0 saturated heterocycles. The van der Waals surface area contributed by atoms with Crippen molar-refractivity contribution in [2.45, 2.75) is 16.1 Å². The maximum Gasteiger partial charge on any atom is 0.422 e. The first kappa shape index (κ1) is 21.0. The molecule has 0 aromatic heterocycles. The van der Waals surface area contributed by atoms with Crippen LogP contribution in [-0.4, -0.2) is 35.1 Å². The first-order chi connectivity index (χ1) is 10.7. The molecule has 12 heteroatoms. The maximum atomic E-state index is 12.2. The van der Waals surface area contributed by atoms with Gasteiger partial charge in [0.15, 0.2) is 13.2 Å². The number of ketones is 1. The van der Waals surface area contributed by atoms with Crippen LogP contribution in [0.15, 0.2) is 18.2 Å². The van der Waals surface area contributed by atoms with Crippen molar-refractivity contribution < 1.29 is 40.6 Å². The minimum Gasteiger partial charge on any atom is -0.484 e. The van der Waals surface area contributed by atoms with Gasteiger partial charge in [0.05, 0.1) is 5.56 Å². The van der Waals surface area contributed by atoms with Crippen molar-refractivity contribution in [3.8, 4) is 11.5 Å². The third kappa shape index (κ3) is 7.23. The quantitative estimate of drug-likeness (QED) is 0.377. The lowest BCUT2D eigenvalue weighted by molar-refractivity contribution is -0.154. The lowest BCUT2D eigenvalue weighted by Gasteiger charge is -2.17. The van der Waals surface area contributed by atoms with Gasteiger partial charge in [0.25, 0.3) is 3.79 Å². The molecule has 0 radical (unpaired) electrons. The summed E-state index contributed by atoms with van der Waals surface area (Å²) in [4.78, 5) is 11.9. The van der Waals surface area contributed by atoms with Gasteiger partial charge in [0.2, 0.25) is 5.78 Å². The lowest BCUT2D eigenvalue weighted by Crippen LogP contribution is -2.23. The molecule has 0 unspecified atom stereocenters. The van der Waals surface area contributed by atoms with Gasteiger partial charge in [-0.15, -0.1) is 0 Å². The van der Waals surface area contributed by atoms with Crippen molar-refractivity contribution in [2.75, 3.05) is 13.2 Å². The average Bonchev–Trinajstić information content (AvgIpc) is 2.39. The van der Waals surface area contributed by atoms with E-state index in [-0.39, 0.29) is 0 Å². The van der Waals surface area contributed by atoms with Gasteiger partial charge >= 0.3 is 12.4 Å². The molecule has 0 spiro atoms. The minimum atomic E-state index is -4.72. The molecule has 24 heavy (non-hydrogen) atoms. The second-order valence-electron chi connectivity index (χ2n) is 4.29. The zero-order chi connectivity index (χ0) is 18.8. The van der Waals surface area contributed by atoms with Crippen molar-refractivity contribution in [1.82, 2.24) is 0 Å². The van der Waals surface area contributed by atoms with E-state index < -0.39 is 52.2 Å². The van der Waals surface area contributed by atoms with Crippen molar-refractivity contribution in [3.63, 3.8) is 0 Å². The fraction of sp³-hybridized carbons (Fsp3) is 0.417. The molecule has 1 aromatic rings. The third-order valence-corrected chi connectivity index (χ3v) is 2.76. The molecule has 1 aromatic carbocycles. The standard InChI is InChI=1S/C12H7Cl3F6O3/c13-12(14,15)9(22)7-3-6(23-4-10(16,17)18)1-2-8(7)24-5-11(19,20)21/h1-3H,4-5H2. The van der Waals surface area contributed by atoms with Crippen LogP contribution in [0.5, 0.6) is 11.5 Å². The predicted octanol–water partition coefficient (Wildman–Crippen LogP) is 5.12. The molecule has 0 bridgehead atoms. The number of halogens is 9. The van der Waals surface area contributed by atoms with E-state index in [0.29, 0.717) is 6.07 Å². The van der Waals surface area contributed by atoms with Crippen LogP contribution in [0.4, 0.5) is 26.3 Å². The summed E-state index contributed by atoms with van der Waals surface area (Å²) < 4.78 is 79.2. The van der Waals surface area contributed by atoms with Crippen molar-refractivity contribution in [2.24, 2.45) is 0 Å². The molecule has 0 fully saturated rings. The van der Waals surface area contributed by atoms with Crippen molar-refractivity contribution >= 4 is 40.6 Å². The molecular formula is C12H7Cl3F6O3. The summed E-state index contributed by atoms with van der Waals surface area (Å²) in [6.45, 7) is -3.44. The van der Waals surface area contributed by atoms with E-state index in [1.807, 2.05) is 0 Å². The lowest BCUT2D eigenvalue weighted by atomic mass is 10.1. The van der Waals surface area contributed by atoms with Crippen LogP contribution in [0.25, 0.3) is 0 Å². The molecule has 0 N–H and O–H groups in total. The Labute approximate surface area is 146 Å². The SMILES string of the molecule is O=C(c1cc(OCC(F)(F)F)ccc1OCC(F)(F)F)C(Cl)(Cl)Cl. The highest BCUT2D eigenvalue weighted by Gasteiger charge is 2.36. The summed E-state index contributed by atoms with van der Waals surface area (Å²) >= 11 is 16.1. The molecule has 0 aliphatic heterocycles. The van der Waals surface area contributed by atoms with Crippen molar-refractivity contribution in [1.29, 1.82) is 0 Å². The molecule has 3 nitrogen and oxygen atoms in total. The Morgan fingerprint density at radius 3 is 1.88 bits per heavy atom. The Hall–Kier alpha value is -1.06. The number of benzene rings is 1. The van der Waals surface area contributed by atoms with E-state index in [1.54, 1.807) is 0 Å². The van der Waals surface area contributed by atoms with E-state index in [9.17, 15) is 31.1 Å². The second-order valence-corrected chi connectivity index (χ2v) is 6.57. The molecule has 0 aliphatic carbocycles. The number of alkyl halides is 9. The van der Waals surface area contributed by atoms with E-state index in [1.165, 1.54) is 0 Å². The highest BCUT2D eigenvalue weighted by atomic mass is 35.6. The Morgan fingerprint density at radius 2 is 1.42 bits per heavy atom. The van der Waals surface area contributed by atoms with E-state index >= 15 is 0 Å². The smallest absolute Gasteiger partial charge is 0.422 e. The highest BCUT2D eigenvalue weighted by Crippen LogP contribution is 2.36. The molecule has 0 aliphatic rings. The molecular weight excluding hydrogens is 412 g/mol. The fourth-order valence-corrected chi connectivity index (χ4v) is 1.69. The minimum absolute atomic E-state index is 0.468. The van der Waals surface area contributed by atoms with Crippen LogP contribution < -0.4 is 9.47 Å². The summed E-state index contributed by atoms with van der Waals surface area (Å²) in [7, 11) is 0. The number of rotatable bonds is 5. The normalized spacial score (nSPS) is 12.9. The summed E-state index contributed by atoms with van der Waals surface area (Å²) in [5, 5.41) is 0. The van der Waals surface area contributed by atoms with Gasteiger partial charge in [-0.05, 0) is 18.2 Å². The number of ether oxygens (including phenoxy) is 2. The molecule has 0 atom stereocenters. The van der Waals surface area contributed by atoms with Crippen LogP contribution in [0, 0.1) is 0 Å². The van der Waals surface area contributed by atoms with Crippen molar-refractivity contribution in [3.05, 3.63) is 23.8 Å². The van der Waals surface area contributed by atoms with Crippen LogP contribution in [0.1, 0.15) is 10.4 Å². The molecule has 1 rings (SSSR count). The molecule has 136 valence electrons. The monoisotopic (exact) mass is 418 g/mol. The highest BCUT2D eigenvalue weighted by molar-refractivity contribution is 6.77. The van der Waals surface area contributed by atoms with E-state index in [4.69, 9.17) is 34.8 Å². The van der Waals surface area contributed by atoms with Crippen LogP contribution in [-0.2, 0) is 0 Å².